The lowest BCUT2D eigenvalue weighted by atomic mass is 9.78. The lowest BCUT2D eigenvalue weighted by Gasteiger charge is -2.47. The third kappa shape index (κ3) is 3.60. The molecule has 4 heteroatoms. The van der Waals surface area contributed by atoms with Gasteiger partial charge in [-0.1, -0.05) is 25.1 Å². The van der Waals surface area contributed by atoms with Gasteiger partial charge in [-0.05, 0) is 56.1 Å². The second-order valence-electron chi connectivity index (χ2n) is 9.18. The molecule has 2 nitrogen and oxygen atoms in total. The fourth-order valence-corrected chi connectivity index (χ4v) is 9.08. The smallest absolute Gasteiger partial charge is 0.178 e. The van der Waals surface area contributed by atoms with Crippen molar-refractivity contribution in [2.24, 2.45) is 17.3 Å². The molecule has 148 valence electrons. The van der Waals surface area contributed by atoms with Crippen molar-refractivity contribution in [3.8, 4) is 11.5 Å². The lowest BCUT2D eigenvalue weighted by Crippen LogP contribution is -2.43. The van der Waals surface area contributed by atoms with Crippen LogP contribution >= 0.6 is 7.49 Å². The molecule has 3 heterocycles. The van der Waals surface area contributed by atoms with Crippen molar-refractivity contribution >= 4 is 12.8 Å². The van der Waals surface area contributed by atoms with E-state index in [1.807, 2.05) is 36.4 Å². The fraction of sp³-hybridized carbons (Fsp3) is 0.500. The van der Waals surface area contributed by atoms with Crippen LogP contribution in [0.15, 0.2) is 48.5 Å². The Kier molecular flexibility index (Phi) is 4.72. The van der Waals surface area contributed by atoms with E-state index in [1.165, 1.54) is 38.2 Å². The summed E-state index contributed by atoms with van der Waals surface area (Å²) < 4.78 is 26.9. The maximum absolute atomic E-state index is 14.4. The Balaban J connectivity index is 1.31. The van der Waals surface area contributed by atoms with Gasteiger partial charge in [0.15, 0.2) is 7.49 Å². The fourth-order valence-electron chi connectivity index (χ4n) is 5.02. The molecular weight excluding hydrogens is 370 g/mol. The van der Waals surface area contributed by atoms with Crippen molar-refractivity contribution in [1.29, 1.82) is 0 Å². The zero-order chi connectivity index (χ0) is 19.2. The Hall–Kier alpha value is -1.44. The first-order valence-corrected chi connectivity index (χ1v) is 12.7. The van der Waals surface area contributed by atoms with Gasteiger partial charge in [-0.25, -0.2) is 8.91 Å². The van der Waals surface area contributed by atoms with Gasteiger partial charge in [0.1, 0.15) is 22.6 Å². The third-order valence-corrected chi connectivity index (χ3v) is 11.0. The van der Waals surface area contributed by atoms with E-state index >= 15 is 0 Å². The number of hydrogen-bond donors (Lipinski definition) is 0. The summed E-state index contributed by atoms with van der Waals surface area (Å²) >= 11 is 0. The van der Waals surface area contributed by atoms with Gasteiger partial charge in [0.05, 0.1) is 18.9 Å². The van der Waals surface area contributed by atoms with Crippen molar-refractivity contribution in [2.75, 3.05) is 18.9 Å². The summed E-state index contributed by atoms with van der Waals surface area (Å²) in [6.45, 7) is 3.24. The molecule has 28 heavy (non-hydrogen) atoms. The first kappa shape index (κ1) is 18.6. The molecule has 0 radical (unpaired) electrons. The average Bonchev–Trinajstić information content (AvgIpc) is 3.44. The standard InChI is InChI=1S/C24H29FO2P/c1-18-13-19(18)7-8-24-9-11-28(12-10-24,26-17-24)23-15-20(25)14-22(16-23)27-21-5-3-2-4-6-21/h2-6,14-16,18-19H,7-13,17H2,1H3/q+1/t18?,19-,24?,28?/m1/s1. The van der Waals surface area contributed by atoms with E-state index in [-0.39, 0.29) is 5.82 Å². The number of rotatable bonds is 6. The van der Waals surface area contributed by atoms with Gasteiger partial charge in [0, 0.05) is 23.6 Å². The monoisotopic (exact) mass is 399 g/mol. The van der Waals surface area contributed by atoms with E-state index in [9.17, 15) is 4.39 Å². The van der Waals surface area contributed by atoms with Crippen LogP contribution in [0.5, 0.6) is 11.5 Å². The van der Waals surface area contributed by atoms with E-state index < -0.39 is 7.49 Å². The van der Waals surface area contributed by atoms with Crippen LogP contribution in [0.1, 0.15) is 39.0 Å². The predicted molar refractivity (Wildman–Crippen MR) is 113 cm³/mol. The molecule has 2 aromatic rings. The molecule has 6 rings (SSSR count). The molecule has 0 aromatic heterocycles. The van der Waals surface area contributed by atoms with E-state index in [0.717, 1.165) is 41.8 Å². The first-order chi connectivity index (χ1) is 13.6. The minimum absolute atomic E-state index is 0.230. The largest absolute Gasteiger partial charge is 0.457 e. The van der Waals surface area contributed by atoms with Crippen LogP contribution in [0.2, 0.25) is 0 Å². The Bertz CT molecular complexity index is 828. The Labute approximate surface area is 167 Å². The Morgan fingerprint density at radius 3 is 2.50 bits per heavy atom. The molecule has 2 bridgehead atoms. The highest BCUT2D eigenvalue weighted by Gasteiger charge is 2.57. The normalized spacial score (nSPS) is 33.6. The molecule has 1 aliphatic carbocycles. The molecule has 0 amide bonds. The number of hydrogen-bond acceptors (Lipinski definition) is 2. The summed E-state index contributed by atoms with van der Waals surface area (Å²) in [5.74, 6) is 2.97. The number of halogens is 1. The molecule has 1 saturated carbocycles. The number of ether oxygens (including phenoxy) is 1. The predicted octanol–water partition coefficient (Wildman–Crippen LogP) is 6.42. The van der Waals surface area contributed by atoms with E-state index in [4.69, 9.17) is 9.26 Å². The average molecular weight is 399 g/mol. The van der Waals surface area contributed by atoms with E-state index in [1.54, 1.807) is 6.07 Å². The summed E-state index contributed by atoms with van der Waals surface area (Å²) in [7, 11) is -1.72. The molecule has 2 aromatic carbocycles. The van der Waals surface area contributed by atoms with Crippen LogP contribution in [-0.2, 0) is 4.52 Å². The van der Waals surface area contributed by atoms with Gasteiger partial charge in [-0.15, -0.1) is 0 Å². The van der Waals surface area contributed by atoms with Crippen LogP contribution in [0.4, 0.5) is 4.39 Å². The van der Waals surface area contributed by atoms with Crippen molar-refractivity contribution < 1.29 is 13.7 Å². The van der Waals surface area contributed by atoms with Crippen LogP contribution in [-0.4, -0.2) is 18.9 Å². The van der Waals surface area contributed by atoms with Gasteiger partial charge in [-0.2, -0.15) is 0 Å². The van der Waals surface area contributed by atoms with Gasteiger partial charge in [0.25, 0.3) is 0 Å². The maximum Gasteiger partial charge on any atom is 0.178 e. The molecule has 1 unspecified atom stereocenters. The van der Waals surface area contributed by atoms with Gasteiger partial charge in [0.2, 0.25) is 0 Å². The Morgan fingerprint density at radius 1 is 1.11 bits per heavy atom. The van der Waals surface area contributed by atoms with Crippen molar-refractivity contribution in [2.45, 2.75) is 39.0 Å². The lowest BCUT2D eigenvalue weighted by molar-refractivity contribution is 0.0877. The van der Waals surface area contributed by atoms with Crippen molar-refractivity contribution in [1.82, 2.24) is 0 Å². The third-order valence-electron chi connectivity index (χ3n) is 7.25. The Morgan fingerprint density at radius 2 is 1.86 bits per heavy atom. The highest BCUT2D eigenvalue weighted by molar-refractivity contribution is 7.78. The van der Waals surface area contributed by atoms with Crippen LogP contribution < -0.4 is 10.0 Å². The summed E-state index contributed by atoms with van der Waals surface area (Å²) in [6, 6.07) is 14.8. The zero-order valence-corrected chi connectivity index (χ0v) is 17.5. The molecule has 0 N–H and O–H groups in total. The summed E-state index contributed by atoms with van der Waals surface area (Å²) in [5, 5.41) is 1.04. The van der Waals surface area contributed by atoms with Gasteiger partial charge >= 0.3 is 0 Å². The zero-order valence-electron chi connectivity index (χ0n) is 16.6. The van der Waals surface area contributed by atoms with Crippen LogP contribution in [0.25, 0.3) is 0 Å². The quantitative estimate of drug-likeness (QED) is 0.522. The van der Waals surface area contributed by atoms with Gasteiger partial charge in [-0.3, -0.25) is 0 Å². The SMILES string of the molecule is CC1C[C@H]1CCC12CC[P+](c3cc(F)cc(Oc4ccccc4)c3)(CC1)OC2. The van der Waals surface area contributed by atoms with E-state index in [2.05, 4.69) is 6.92 Å². The highest BCUT2D eigenvalue weighted by Crippen LogP contribution is 2.70. The van der Waals surface area contributed by atoms with E-state index in [0.29, 0.717) is 11.2 Å². The molecular formula is C24H29FO2P+. The summed E-state index contributed by atoms with van der Waals surface area (Å²) in [4.78, 5) is 0. The first-order valence-electron chi connectivity index (χ1n) is 10.6. The second-order valence-corrected chi connectivity index (χ2v) is 12.6. The minimum atomic E-state index is -1.72. The van der Waals surface area contributed by atoms with Crippen molar-refractivity contribution in [3.05, 3.63) is 54.3 Å². The second kappa shape index (κ2) is 7.11. The molecule has 4 fully saturated rings. The number of para-hydroxylation sites is 1. The van der Waals surface area contributed by atoms with Crippen molar-refractivity contribution in [3.63, 3.8) is 0 Å². The summed E-state index contributed by atoms with van der Waals surface area (Å²) in [6.07, 6.45) is 8.78. The van der Waals surface area contributed by atoms with Crippen LogP contribution in [0.3, 0.4) is 0 Å². The number of fused-ring (bicyclic) bond motifs is 3. The van der Waals surface area contributed by atoms with Crippen LogP contribution in [0, 0.1) is 23.1 Å². The molecule has 0 spiro atoms. The minimum Gasteiger partial charge on any atom is -0.457 e. The molecule has 4 aliphatic rings. The molecule has 3 aliphatic heterocycles. The number of benzene rings is 2. The topological polar surface area (TPSA) is 18.5 Å². The maximum atomic E-state index is 14.4. The summed E-state index contributed by atoms with van der Waals surface area (Å²) in [5.41, 5.74) is 0.390. The van der Waals surface area contributed by atoms with Gasteiger partial charge < -0.3 is 4.74 Å². The molecule has 2 atom stereocenters. The highest BCUT2D eigenvalue weighted by atomic mass is 31.2. The molecule has 3 saturated heterocycles.